The molecule has 156 valence electrons. The van der Waals surface area contributed by atoms with Crippen molar-refractivity contribution in [2.24, 2.45) is 0 Å². The monoisotopic (exact) mass is 447 g/mol. The van der Waals surface area contributed by atoms with Gasteiger partial charge in [-0.2, -0.15) is 0 Å². The lowest BCUT2D eigenvalue weighted by Gasteiger charge is -2.08. The molecule has 2 heterocycles. The van der Waals surface area contributed by atoms with Crippen LogP contribution in [0.5, 0.6) is 0 Å². The molecular formula is C24H21N3O2S2. The SMILES string of the molecule is Cc1csc(SCc2ccc(C(=O)Nc3ccc(Cn4ccccc4=O)cc3)cc2)n1. The highest BCUT2D eigenvalue weighted by Gasteiger charge is 2.07. The molecule has 5 nitrogen and oxygen atoms in total. The van der Waals surface area contributed by atoms with E-state index in [0.29, 0.717) is 17.8 Å². The zero-order chi connectivity index (χ0) is 21.6. The number of nitrogens with one attached hydrogen (secondary N) is 1. The number of carbonyl (C=O) groups excluding carboxylic acids is 1. The summed E-state index contributed by atoms with van der Waals surface area (Å²) in [5.41, 5.74) is 4.47. The first kappa shape index (κ1) is 21.1. The summed E-state index contributed by atoms with van der Waals surface area (Å²) in [5.74, 6) is 0.669. The van der Waals surface area contributed by atoms with Crippen LogP contribution in [0.1, 0.15) is 27.2 Å². The van der Waals surface area contributed by atoms with Crippen molar-refractivity contribution in [3.05, 3.63) is 111 Å². The lowest BCUT2D eigenvalue weighted by Crippen LogP contribution is -2.18. The minimum Gasteiger partial charge on any atom is -0.322 e. The van der Waals surface area contributed by atoms with E-state index in [-0.39, 0.29) is 11.5 Å². The summed E-state index contributed by atoms with van der Waals surface area (Å²) in [7, 11) is 0. The topological polar surface area (TPSA) is 64.0 Å². The molecule has 2 aromatic heterocycles. The molecule has 0 aliphatic rings. The average molecular weight is 448 g/mol. The molecule has 0 unspecified atom stereocenters. The zero-order valence-electron chi connectivity index (χ0n) is 16.9. The second-order valence-corrected chi connectivity index (χ2v) is 9.14. The Hall–Kier alpha value is -3.16. The van der Waals surface area contributed by atoms with Crippen LogP contribution in [-0.4, -0.2) is 15.5 Å². The molecule has 0 aliphatic heterocycles. The number of aryl methyl sites for hydroxylation is 1. The largest absolute Gasteiger partial charge is 0.322 e. The molecule has 4 aromatic rings. The maximum Gasteiger partial charge on any atom is 0.255 e. The quantitative estimate of drug-likeness (QED) is 0.395. The van der Waals surface area contributed by atoms with Crippen molar-refractivity contribution in [1.29, 1.82) is 0 Å². The number of anilines is 1. The highest BCUT2D eigenvalue weighted by Crippen LogP contribution is 2.26. The lowest BCUT2D eigenvalue weighted by molar-refractivity contribution is 0.102. The Morgan fingerprint density at radius 1 is 1.03 bits per heavy atom. The van der Waals surface area contributed by atoms with E-state index in [1.807, 2.05) is 66.9 Å². The third-order valence-corrected chi connectivity index (χ3v) is 6.85. The number of benzene rings is 2. The van der Waals surface area contributed by atoms with Crippen LogP contribution in [0.4, 0.5) is 5.69 Å². The van der Waals surface area contributed by atoms with Gasteiger partial charge in [0.15, 0.2) is 0 Å². The fourth-order valence-electron chi connectivity index (χ4n) is 2.98. The van der Waals surface area contributed by atoms with Gasteiger partial charge in [0, 0.05) is 40.3 Å². The van der Waals surface area contributed by atoms with Gasteiger partial charge in [0.1, 0.15) is 4.34 Å². The normalized spacial score (nSPS) is 10.7. The predicted molar refractivity (Wildman–Crippen MR) is 127 cm³/mol. The summed E-state index contributed by atoms with van der Waals surface area (Å²) in [6.07, 6.45) is 1.76. The summed E-state index contributed by atoms with van der Waals surface area (Å²) >= 11 is 3.35. The van der Waals surface area contributed by atoms with Gasteiger partial charge in [-0.05, 0) is 48.4 Å². The summed E-state index contributed by atoms with van der Waals surface area (Å²) < 4.78 is 2.70. The second-order valence-electron chi connectivity index (χ2n) is 7.06. The number of hydrogen-bond acceptors (Lipinski definition) is 5. The average Bonchev–Trinajstić information content (AvgIpc) is 3.21. The Kier molecular flexibility index (Phi) is 6.64. The molecule has 0 bridgehead atoms. The minimum atomic E-state index is -0.151. The molecule has 0 saturated heterocycles. The van der Waals surface area contributed by atoms with E-state index in [4.69, 9.17) is 0 Å². The van der Waals surface area contributed by atoms with Crippen molar-refractivity contribution in [3.63, 3.8) is 0 Å². The van der Waals surface area contributed by atoms with Crippen molar-refractivity contribution in [2.75, 3.05) is 5.32 Å². The van der Waals surface area contributed by atoms with Crippen LogP contribution < -0.4 is 10.9 Å². The standard InChI is InChI=1S/C24H21N3O2S2/c1-17-15-30-24(25-17)31-16-19-5-9-20(10-6-19)23(29)26-21-11-7-18(8-12-21)14-27-13-3-2-4-22(27)28/h2-13,15H,14,16H2,1H3,(H,26,29). The van der Waals surface area contributed by atoms with Crippen LogP contribution >= 0.6 is 23.1 Å². The third kappa shape index (κ3) is 5.71. The maximum atomic E-state index is 12.6. The first-order valence-corrected chi connectivity index (χ1v) is 11.6. The van der Waals surface area contributed by atoms with Gasteiger partial charge < -0.3 is 9.88 Å². The maximum absolute atomic E-state index is 12.6. The predicted octanol–water partition coefficient (Wildman–Crippen LogP) is 5.21. The summed E-state index contributed by atoms with van der Waals surface area (Å²) in [4.78, 5) is 28.8. The molecule has 0 radical (unpaired) electrons. The number of amides is 1. The van der Waals surface area contributed by atoms with Gasteiger partial charge in [-0.3, -0.25) is 9.59 Å². The molecule has 0 fully saturated rings. The van der Waals surface area contributed by atoms with Crippen molar-refractivity contribution in [3.8, 4) is 0 Å². The van der Waals surface area contributed by atoms with Crippen LogP contribution in [0.15, 0.2) is 87.4 Å². The smallest absolute Gasteiger partial charge is 0.255 e. The third-order valence-electron chi connectivity index (χ3n) is 4.64. The van der Waals surface area contributed by atoms with E-state index >= 15 is 0 Å². The van der Waals surface area contributed by atoms with Crippen LogP contribution in [0.3, 0.4) is 0 Å². The number of thioether (sulfide) groups is 1. The Bertz CT molecular complexity index is 1230. The number of rotatable bonds is 7. The molecule has 0 aliphatic carbocycles. The fourth-order valence-corrected chi connectivity index (χ4v) is 4.79. The van der Waals surface area contributed by atoms with E-state index in [0.717, 1.165) is 26.9 Å². The van der Waals surface area contributed by atoms with E-state index in [1.54, 1.807) is 46.0 Å². The molecule has 4 rings (SSSR count). The summed E-state index contributed by atoms with van der Waals surface area (Å²) in [6, 6.07) is 20.3. The van der Waals surface area contributed by atoms with E-state index in [2.05, 4.69) is 10.3 Å². The van der Waals surface area contributed by atoms with Gasteiger partial charge in [-0.1, -0.05) is 42.1 Å². The molecule has 7 heteroatoms. The van der Waals surface area contributed by atoms with Crippen molar-refractivity contribution in [1.82, 2.24) is 9.55 Å². The Labute approximate surface area is 188 Å². The first-order valence-electron chi connectivity index (χ1n) is 9.76. The molecule has 1 N–H and O–H groups in total. The molecule has 2 aromatic carbocycles. The zero-order valence-corrected chi connectivity index (χ0v) is 18.6. The van der Waals surface area contributed by atoms with Gasteiger partial charge in [-0.25, -0.2) is 4.98 Å². The number of hydrogen-bond donors (Lipinski definition) is 1. The number of nitrogens with zero attached hydrogens (tertiary/aromatic N) is 2. The Balaban J connectivity index is 1.33. The van der Waals surface area contributed by atoms with Crippen LogP contribution in [0.2, 0.25) is 0 Å². The van der Waals surface area contributed by atoms with Crippen LogP contribution in [0, 0.1) is 6.92 Å². The molecule has 0 spiro atoms. The van der Waals surface area contributed by atoms with Gasteiger partial charge in [0.25, 0.3) is 11.5 Å². The minimum absolute atomic E-state index is 0.0384. The highest BCUT2D eigenvalue weighted by molar-refractivity contribution is 8.00. The first-order chi connectivity index (χ1) is 15.1. The molecule has 31 heavy (non-hydrogen) atoms. The number of aromatic nitrogens is 2. The van der Waals surface area contributed by atoms with E-state index < -0.39 is 0 Å². The van der Waals surface area contributed by atoms with Crippen molar-refractivity contribution in [2.45, 2.75) is 23.6 Å². The molecule has 0 saturated carbocycles. The summed E-state index contributed by atoms with van der Waals surface area (Å²) in [6.45, 7) is 2.49. The van der Waals surface area contributed by atoms with Gasteiger partial charge in [-0.15, -0.1) is 11.3 Å². The number of thiazole rings is 1. The van der Waals surface area contributed by atoms with Crippen molar-refractivity contribution < 1.29 is 4.79 Å². The van der Waals surface area contributed by atoms with E-state index in [9.17, 15) is 9.59 Å². The molecule has 1 amide bonds. The fraction of sp³-hybridized carbons (Fsp3) is 0.125. The summed E-state index contributed by atoms with van der Waals surface area (Å²) in [5, 5.41) is 4.97. The van der Waals surface area contributed by atoms with Gasteiger partial charge in [0.2, 0.25) is 0 Å². The van der Waals surface area contributed by atoms with Gasteiger partial charge in [0.05, 0.1) is 6.54 Å². The molecular weight excluding hydrogens is 426 g/mol. The van der Waals surface area contributed by atoms with E-state index in [1.165, 1.54) is 0 Å². The number of carbonyl (C=O) groups is 1. The number of pyridine rings is 1. The van der Waals surface area contributed by atoms with Crippen LogP contribution in [0.25, 0.3) is 0 Å². The highest BCUT2D eigenvalue weighted by atomic mass is 32.2. The molecule has 0 atom stereocenters. The van der Waals surface area contributed by atoms with Crippen LogP contribution in [-0.2, 0) is 12.3 Å². The second kappa shape index (κ2) is 9.76. The lowest BCUT2D eigenvalue weighted by atomic mass is 10.1. The van der Waals surface area contributed by atoms with Crippen molar-refractivity contribution >= 4 is 34.7 Å². The Morgan fingerprint density at radius 2 is 1.77 bits per heavy atom. The Morgan fingerprint density at radius 3 is 2.45 bits per heavy atom. The van der Waals surface area contributed by atoms with Gasteiger partial charge >= 0.3 is 0 Å².